The predicted octanol–water partition coefficient (Wildman–Crippen LogP) is 3.11. The van der Waals surface area contributed by atoms with Crippen molar-refractivity contribution < 1.29 is 26.4 Å². The number of amides is 1. The third kappa shape index (κ3) is 3.75. The zero-order valence-corrected chi connectivity index (χ0v) is 15.5. The SMILES string of the molecule is CCCC(=O)N=C1S[C@H]2CS(=O)(=O)C[C@H]2N1c1ccccc1C(F)(F)F. The van der Waals surface area contributed by atoms with Gasteiger partial charge in [0.2, 0.25) is 5.91 Å². The molecule has 3 rings (SSSR count). The van der Waals surface area contributed by atoms with Crippen LogP contribution in [0.4, 0.5) is 18.9 Å². The number of sulfone groups is 1. The summed E-state index contributed by atoms with van der Waals surface area (Å²) in [4.78, 5) is 17.2. The highest BCUT2D eigenvalue weighted by Crippen LogP contribution is 2.45. The van der Waals surface area contributed by atoms with Crippen LogP contribution in [-0.4, -0.2) is 42.3 Å². The van der Waals surface area contributed by atoms with E-state index in [1.54, 1.807) is 6.92 Å². The summed E-state index contributed by atoms with van der Waals surface area (Å²) in [6.45, 7) is 1.80. The van der Waals surface area contributed by atoms with Crippen LogP contribution in [0.5, 0.6) is 0 Å². The molecule has 2 atom stereocenters. The number of fused-ring (bicyclic) bond motifs is 1. The van der Waals surface area contributed by atoms with E-state index in [2.05, 4.69) is 4.99 Å². The Morgan fingerprint density at radius 2 is 2.00 bits per heavy atom. The Hall–Kier alpha value is -1.55. The Balaban J connectivity index is 2.09. The summed E-state index contributed by atoms with van der Waals surface area (Å²) in [6, 6.07) is 4.30. The van der Waals surface area contributed by atoms with Crippen LogP contribution < -0.4 is 4.90 Å². The van der Waals surface area contributed by atoms with Crippen molar-refractivity contribution in [2.75, 3.05) is 16.4 Å². The number of hydrogen-bond donors (Lipinski definition) is 0. The first kappa shape index (κ1) is 19.2. The van der Waals surface area contributed by atoms with E-state index in [0.29, 0.717) is 6.42 Å². The van der Waals surface area contributed by atoms with Crippen LogP contribution in [0.3, 0.4) is 0 Å². The molecule has 0 N–H and O–H groups in total. The van der Waals surface area contributed by atoms with Crippen molar-refractivity contribution in [3.8, 4) is 0 Å². The first-order valence-corrected chi connectivity index (χ1v) is 10.8. The van der Waals surface area contributed by atoms with Crippen molar-refractivity contribution in [2.24, 2.45) is 4.99 Å². The van der Waals surface area contributed by atoms with E-state index in [1.807, 2.05) is 0 Å². The minimum Gasteiger partial charge on any atom is -0.315 e. The first-order valence-electron chi connectivity index (χ1n) is 8.06. The summed E-state index contributed by atoms with van der Waals surface area (Å²) in [7, 11) is -3.34. The fourth-order valence-electron chi connectivity index (χ4n) is 3.15. The molecule has 0 radical (unpaired) electrons. The molecule has 2 saturated heterocycles. The van der Waals surface area contributed by atoms with Gasteiger partial charge in [-0.25, -0.2) is 8.42 Å². The van der Waals surface area contributed by atoms with Crippen LogP contribution in [-0.2, 0) is 20.8 Å². The second kappa shape index (κ2) is 6.88. The molecule has 0 spiro atoms. The Kier molecular flexibility index (Phi) is 5.08. The number of carbonyl (C=O) groups excluding carboxylic acids is 1. The summed E-state index contributed by atoms with van der Waals surface area (Å²) >= 11 is 1.07. The molecule has 5 nitrogen and oxygen atoms in total. The average Bonchev–Trinajstić information content (AvgIpc) is 2.97. The normalized spacial score (nSPS) is 26.3. The molecule has 0 aliphatic carbocycles. The summed E-state index contributed by atoms with van der Waals surface area (Å²) in [5.74, 6) is -0.807. The number of benzene rings is 1. The quantitative estimate of drug-likeness (QED) is 0.772. The Morgan fingerprint density at radius 1 is 1.31 bits per heavy atom. The van der Waals surface area contributed by atoms with Gasteiger partial charge in [-0.3, -0.25) is 4.79 Å². The second-order valence-corrected chi connectivity index (χ2v) is 9.58. The zero-order chi connectivity index (χ0) is 19.1. The lowest BCUT2D eigenvalue weighted by atomic mass is 10.1. The fourth-order valence-corrected chi connectivity index (χ4v) is 7.07. The van der Waals surface area contributed by atoms with Gasteiger partial charge in [-0.15, -0.1) is 0 Å². The monoisotopic (exact) mass is 406 g/mol. The van der Waals surface area contributed by atoms with Crippen molar-refractivity contribution in [3.63, 3.8) is 0 Å². The standard InChI is InChI=1S/C16H17F3N2O3S2/c1-2-5-14(22)20-15-21(12-8-26(23,24)9-13(12)25-15)11-7-4-3-6-10(11)16(17,18)19/h3-4,6-7,12-13H,2,5,8-9H2,1H3/t12-,13+/m1/s1. The molecule has 26 heavy (non-hydrogen) atoms. The van der Waals surface area contributed by atoms with E-state index >= 15 is 0 Å². The van der Waals surface area contributed by atoms with Gasteiger partial charge in [-0.05, 0) is 18.6 Å². The lowest BCUT2D eigenvalue weighted by molar-refractivity contribution is -0.137. The maximum absolute atomic E-state index is 13.4. The van der Waals surface area contributed by atoms with Crippen molar-refractivity contribution in [1.82, 2.24) is 0 Å². The summed E-state index contributed by atoms with van der Waals surface area (Å²) in [6.07, 6.45) is -3.84. The number of nitrogens with zero attached hydrogens (tertiary/aromatic N) is 2. The van der Waals surface area contributed by atoms with Gasteiger partial charge in [-0.2, -0.15) is 18.2 Å². The number of alkyl halides is 3. The van der Waals surface area contributed by atoms with E-state index in [0.717, 1.165) is 17.8 Å². The number of amidine groups is 1. The number of carbonyl (C=O) groups is 1. The van der Waals surface area contributed by atoms with Gasteiger partial charge in [0.1, 0.15) is 0 Å². The minimum atomic E-state index is -4.60. The van der Waals surface area contributed by atoms with Gasteiger partial charge in [0, 0.05) is 11.7 Å². The van der Waals surface area contributed by atoms with Crippen molar-refractivity contribution >= 4 is 38.4 Å². The number of anilines is 1. The Bertz CT molecular complexity index is 853. The lowest BCUT2D eigenvalue weighted by Gasteiger charge is -2.27. The molecule has 2 aliphatic rings. The molecule has 0 unspecified atom stereocenters. The predicted molar refractivity (Wildman–Crippen MR) is 95.1 cm³/mol. The fraction of sp³-hybridized carbons (Fsp3) is 0.500. The molecule has 2 heterocycles. The van der Waals surface area contributed by atoms with E-state index in [-0.39, 0.29) is 28.8 Å². The Labute approximate surface area is 153 Å². The van der Waals surface area contributed by atoms with Gasteiger partial charge in [0.25, 0.3) is 0 Å². The van der Waals surface area contributed by atoms with Gasteiger partial charge in [-0.1, -0.05) is 30.8 Å². The maximum atomic E-state index is 13.4. The molecular formula is C16H17F3N2O3S2. The maximum Gasteiger partial charge on any atom is 0.418 e. The average molecular weight is 406 g/mol. The molecule has 1 aromatic rings. The number of halogens is 3. The van der Waals surface area contributed by atoms with Crippen LogP contribution >= 0.6 is 11.8 Å². The topological polar surface area (TPSA) is 66.8 Å². The third-order valence-corrected chi connectivity index (χ3v) is 7.43. The molecule has 2 fully saturated rings. The molecule has 2 aliphatic heterocycles. The summed E-state index contributed by atoms with van der Waals surface area (Å²) < 4.78 is 64.3. The molecule has 10 heteroatoms. The van der Waals surface area contributed by atoms with Crippen LogP contribution in [0, 0.1) is 0 Å². The number of hydrogen-bond acceptors (Lipinski definition) is 4. The van der Waals surface area contributed by atoms with E-state index in [4.69, 9.17) is 0 Å². The largest absolute Gasteiger partial charge is 0.418 e. The van der Waals surface area contributed by atoms with Gasteiger partial charge in [0.15, 0.2) is 15.0 Å². The molecule has 0 aromatic heterocycles. The first-order chi connectivity index (χ1) is 12.1. The minimum absolute atomic E-state index is 0.131. The van der Waals surface area contributed by atoms with Crippen molar-refractivity contribution in [3.05, 3.63) is 29.8 Å². The van der Waals surface area contributed by atoms with Gasteiger partial charge in [0.05, 0.1) is 28.8 Å². The highest BCUT2D eigenvalue weighted by atomic mass is 32.2. The van der Waals surface area contributed by atoms with Crippen LogP contribution in [0.1, 0.15) is 25.3 Å². The molecule has 1 amide bonds. The van der Waals surface area contributed by atoms with E-state index < -0.39 is 38.8 Å². The van der Waals surface area contributed by atoms with Gasteiger partial charge < -0.3 is 4.90 Å². The molecule has 1 aromatic carbocycles. The smallest absolute Gasteiger partial charge is 0.315 e. The van der Waals surface area contributed by atoms with E-state index in [1.165, 1.54) is 23.1 Å². The molecule has 0 saturated carbocycles. The summed E-state index contributed by atoms with van der Waals surface area (Å²) in [5.41, 5.74) is -1.04. The third-order valence-electron chi connectivity index (χ3n) is 4.22. The van der Waals surface area contributed by atoms with Crippen molar-refractivity contribution in [2.45, 2.75) is 37.2 Å². The van der Waals surface area contributed by atoms with E-state index in [9.17, 15) is 26.4 Å². The molecular weight excluding hydrogens is 389 g/mol. The van der Waals surface area contributed by atoms with Crippen LogP contribution in [0.25, 0.3) is 0 Å². The molecule has 0 bridgehead atoms. The molecule has 142 valence electrons. The highest BCUT2D eigenvalue weighted by molar-refractivity contribution is 8.16. The van der Waals surface area contributed by atoms with Crippen LogP contribution in [0.2, 0.25) is 0 Å². The van der Waals surface area contributed by atoms with Gasteiger partial charge >= 0.3 is 6.18 Å². The second-order valence-electron chi connectivity index (χ2n) is 6.22. The number of rotatable bonds is 3. The number of thioether (sulfide) groups is 1. The van der Waals surface area contributed by atoms with Crippen LogP contribution in [0.15, 0.2) is 29.3 Å². The van der Waals surface area contributed by atoms with Crippen molar-refractivity contribution in [1.29, 1.82) is 0 Å². The zero-order valence-electron chi connectivity index (χ0n) is 13.9. The highest BCUT2D eigenvalue weighted by Gasteiger charge is 2.51. The number of para-hydroxylation sites is 1. The Morgan fingerprint density at radius 3 is 2.65 bits per heavy atom. The lowest BCUT2D eigenvalue weighted by Crippen LogP contribution is -2.39. The summed E-state index contributed by atoms with van der Waals surface area (Å²) in [5, 5.41) is -0.292. The number of aliphatic imine (C=N–C) groups is 1.